The normalized spacial score (nSPS) is 14.3. The van der Waals surface area contributed by atoms with Gasteiger partial charge in [0.25, 0.3) is 11.8 Å². The van der Waals surface area contributed by atoms with Gasteiger partial charge in [0.1, 0.15) is 0 Å². The van der Waals surface area contributed by atoms with Crippen molar-refractivity contribution in [3.63, 3.8) is 0 Å². The summed E-state index contributed by atoms with van der Waals surface area (Å²) in [5, 5.41) is 2.93. The number of benzene rings is 2. The van der Waals surface area contributed by atoms with Crippen molar-refractivity contribution in [2.75, 3.05) is 53.2 Å². The van der Waals surface area contributed by atoms with Crippen LogP contribution in [0.4, 0.5) is 14.5 Å². The molecule has 2 aromatic carbocycles. The van der Waals surface area contributed by atoms with Gasteiger partial charge in [-0.05, 0) is 55.5 Å². The van der Waals surface area contributed by atoms with Gasteiger partial charge in [-0.2, -0.15) is 4.39 Å². The van der Waals surface area contributed by atoms with Gasteiger partial charge in [-0.3, -0.25) is 9.59 Å². The van der Waals surface area contributed by atoms with E-state index in [1.54, 1.807) is 12.1 Å². The summed E-state index contributed by atoms with van der Waals surface area (Å²) in [5.74, 6) is -2.56. The first kappa shape index (κ1) is 29.5. The molecule has 1 saturated heterocycles. The molecule has 1 aliphatic rings. The predicted octanol–water partition coefficient (Wildman–Crippen LogP) is 5.23. The van der Waals surface area contributed by atoms with E-state index in [0.717, 1.165) is 30.3 Å². The Morgan fingerprint density at radius 1 is 1.12 bits per heavy atom. The van der Waals surface area contributed by atoms with Gasteiger partial charge < -0.3 is 24.0 Å². The summed E-state index contributed by atoms with van der Waals surface area (Å²) in [6.45, 7) is 2.49. The summed E-state index contributed by atoms with van der Waals surface area (Å²) in [5.41, 5.74) is 0.901. The van der Waals surface area contributed by atoms with Crippen LogP contribution in [0.3, 0.4) is 0 Å². The smallest absolute Gasteiger partial charge is 0.291 e. The van der Waals surface area contributed by atoms with Gasteiger partial charge in [0.2, 0.25) is 5.82 Å². The zero-order valence-electron chi connectivity index (χ0n) is 23.4. The zero-order chi connectivity index (χ0) is 29.2. The lowest BCUT2D eigenvalue weighted by atomic mass is 9.93. The highest BCUT2D eigenvalue weighted by molar-refractivity contribution is 6.34. The lowest BCUT2D eigenvalue weighted by molar-refractivity contribution is -0.871. The van der Waals surface area contributed by atoms with E-state index in [9.17, 15) is 18.4 Å². The van der Waals surface area contributed by atoms with Crippen molar-refractivity contribution in [2.45, 2.75) is 19.3 Å². The Kier molecular flexibility index (Phi) is 8.80. The number of amides is 2. The van der Waals surface area contributed by atoms with Crippen molar-refractivity contribution < 1.29 is 27.6 Å². The molecule has 0 aliphatic carbocycles. The molecular weight excluding hydrogens is 540 g/mol. The Morgan fingerprint density at radius 2 is 1.82 bits per heavy atom. The second-order valence-corrected chi connectivity index (χ2v) is 11.6. The van der Waals surface area contributed by atoms with Gasteiger partial charge in [0.05, 0.1) is 57.3 Å². The van der Waals surface area contributed by atoms with Gasteiger partial charge in [0.15, 0.2) is 17.4 Å². The van der Waals surface area contributed by atoms with E-state index in [1.165, 1.54) is 43.1 Å². The van der Waals surface area contributed by atoms with E-state index in [4.69, 9.17) is 16.3 Å². The Labute approximate surface area is 238 Å². The van der Waals surface area contributed by atoms with Crippen molar-refractivity contribution in [1.82, 2.24) is 14.5 Å². The van der Waals surface area contributed by atoms with E-state index >= 15 is 0 Å². The number of carbonyl (C=O) groups excluding carboxylic acids is 2. The number of aromatic nitrogens is 2. The molecule has 3 aromatic rings. The third kappa shape index (κ3) is 6.45. The van der Waals surface area contributed by atoms with Gasteiger partial charge in [-0.15, -0.1) is 0 Å². The number of carbonyl (C=O) groups is 2. The molecule has 0 unspecified atom stereocenters. The lowest BCUT2D eigenvalue weighted by Gasteiger charge is -2.34. The Morgan fingerprint density at radius 3 is 2.45 bits per heavy atom. The number of nitrogens with zero attached hydrogens (tertiary/aromatic N) is 4. The van der Waals surface area contributed by atoms with Gasteiger partial charge in [0, 0.05) is 31.4 Å². The maximum absolute atomic E-state index is 14.6. The van der Waals surface area contributed by atoms with Gasteiger partial charge in [-0.1, -0.05) is 11.6 Å². The van der Waals surface area contributed by atoms with E-state index in [1.807, 2.05) is 4.90 Å². The zero-order valence-corrected chi connectivity index (χ0v) is 24.2. The average Bonchev–Trinajstić information content (AvgIpc) is 3.29. The number of likely N-dealkylation sites (tertiary alicyclic amines) is 1. The predicted molar refractivity (Wildman–Crippen MR) is 151 cm³/mol. The Balaban J connectivity index is 1.41. The van der Waals surface area contributed by atoms with Crippen molar-refractivity contribution in [2.24, 2.45) is 13.0 Å². The van der Waals surface area contributed by atoms with E-state index < -0.39 is 17.5 Å². The topological polar surface area (TPSA) is 76.5 Å². The van der Waals surface area contributed by atoms with Crippen LogP contribution < -0.4 is 10.1 Å². The molecule has 4 rings (SSSR count). The molecule has 0 spiro atoms. The van der Waals surface area contributed by atoms with Crippen molar-refractivity contribution in [1.29, 1.82) is 0 Å². The number of methoxy groups -OCH3 is 1. The molecule has 2 amide bonds. The molecule has 1 fully saturated rings. The fourth-order valence-corrected chi connectivity index (χ4v) is 5.14. The lowest BCUT2D eigenvalue weighted by Crippen LogP contribution is -2.41. The summed E-state index contributed by atoms with van der Waals surface area (Å²) in [6, 6.07) is 7.39. The SMILES string of the molecule is COc1ccc(-c2cnc(C(=O)Nc3ccc(C(=O)N4CCC(CC[N+](C)(C)C)CC4)c(Cl)c3)n2C)c(F)c1F. The molecule has 0 radical (unpaired) electrons. The van der Waals surface area contributed by atoms with Crippen LogP contribution in [-0.2, 0) is 7.05 Å². The second-order valence-electron chi connectivity index (χ2n) is 11.2. The fourth-order valence-electron chi connectivity index (χ4n) is 4.88. The summed E-state index contributed by atoms with van der Waals surface area (Å²) in [4.78, 5) is 32.0. The van der Waals surface area contributed by atoms with Crippen LogP contribution >= 0.6 is 11.6 Å². The molecule has 0 bridgehead atoms. The van der Waals surface area contributed by atoms with Crippen molar-refractivity contribution >= 4 is 29.1 Å². The summed E-state index contributed by atoms with van der Waals surface area (Å²) >= 11 is 6.46. The first-order chi connectivity index (χ1) is 18.9. The Bertz CT molecular complexity index is 1410. The van der Waals surface area contributed by atoms with Crippen LogP contribution in [0.15, 0.2) is 36.5 Å². The summed E-state index contributed by atoms with van der Waals surface area (Å²) < 4.78 is 35.9. The van der Waals surface area contributed by atoms with Gasteiger partial charge in [-0.25, -0.2) is 9.37 Å². The molecule has 2 heterocycles. The number of piperidine rings is 1. The highest BCUT2D eigenvalue weighted by Crippen LogP contribution is 2.31. The van der Waals surface area contributed by atoms with Crippen LogP contribution in [-0.4, -0.2) is 78.6 Å². The largest absolute Gasteiger partial charge is 0.494 e. The number of anilines is 1. The molecule has 0 saturated carbocycles. The minimum atomic E-state index is -1.12. The molecular formula is C29H35ClF2N5O3+. The third-order valence-corrected chi connectivity index (χ3v) is 7.61. The molecule has 214 valence electrons. The number of hydrogen-bond acceptors (Lipinski definition) is 4. The van der Waals surface area contributed by atoms with E-state index in [2.05, 4.69) is 31.4 Å². The number of quaternary nitrogens is 1. The number of imidazole rings is 1. The van der Waals surface area contributed by atoms with E-state index in [0.29, 0.717) is 30.3 Å². The van der Waals surface area contributed by atoms with Crippen LogP contribution in [0.5, 0.6) is 5.75 Å². The standard InChI is InChI=1S/C29H34ClF2N5O3/c1-35-23(21-8-9-24(40-5)26(32)25(21)31)17-33-27(35)28(38)34-19-6-7-20(22(30)16-19)29(39)36-13-10-18(11-14-36)12-15-37(2,3)4/h6-9,16-18H,10-15H2,1-5H3/p+1. The first-order valence-electron chi connectivity index (χ1n) is 13.1. The summed E-state index contributed by atoms with van der Waals surface area (Å²) in [7, 11) is 9.33. The monoisotopic (exact) mass is 574 g/mol. The Hall–Kier alpha value is -3.50. The first-order valence-corrected chi connectivity index (χ1v) is 13.5. The molecule has 40 heavy (non-hydrogen) atoms. The molecule has 1 aromatic heterocycles. The van der Waals surface area contributed by atoms with E-state index in [-0.39, 0.29) is 33.8 Å². The van der Waals surface area contributed by atoms with Crippen molar-refractivity contribution in [3.05, 3.63) is 64.6 Å². The number of ether oxygens (including phenoxy) is 1. The quantitative estimate of drug-likeness (QED) is 0.374. The molecule has 11 heteroatoms. The molecule has 8 nitrogen and oxygen atoms in total. The average molecular weight is 575 g/mol. The maximum atomic E-state index is 14.6. The molecule has 1 aliphatic heterocycles. The van der Waals surface area contributed by atoms with Crippen LogP contribution in [0.2, 0.25) is 5.02 Å². The highest BCUT2D eigenvalue weighted by atomic mass is 35.5. The molecule has 0 atom stereocenters. The second kappa shape index (κ2) is 11.9. The number of hydrogen-bond donors (Lipinski definition) is 1. The highest BCUT2D eigenvalue weighted by Gasteiger charge is 2.26. The summed E-state index contributed by atoms with van der Waals surface area (Å²) in [6.07, 6.45) is 4.37. The van der Waals surface area contributed by atoms with Crippen LogP contribution in [0.1, 0.15) is 40.2 Å². The molecule has 1 N–H and O–H groups in total. The fraction of sp³-hybridized carbons (Fsp3) is 0.414. The van der Waals surface area contributed by atoms with Crippen LogP contribution in [0, 0.1) is 17.6 Å². The number of nitrogens with one attached hydrogen (secondary N) is 1. The minimum Gasteiger partial charge on any atom is -0.494 e. The third-order valence-electron chi connectivity index (χ3n) is 7.30. The van der Waals surface area contributed by atoms with Crippen LogP contribution in [0.25, 0.3) is 11.3 Å². The van der Waals surface area contributed by atoms with Crippen molar-refractivity contribution in [3.8, 4) is 17.0 Å². The maximum Gasteiger partial charge on any atom is 0.291 e. The number of rotatable bonds is 8. The van der Waals surface area contributed by atoms with Gasteiger partial charge >= 0.3 is 0 Å². The number of halogens is 3. The minimum absolute atomic E-state index is 0.0185.